The van der Waals surface area contributed by atoms with Gasteiger partial charge in [-0.15, -0.1) is 0 Å². The predicted octanol–water partition coefficient (Wildman–Crippen LogP) is 4.97. The van der Waals surface area contributed by atoms with E-state index in [4.69, 9.17) is 16.1 Å². The van der Waals surface area contributed by atoms with Crippen molar-refractivity contribution in [3.63, 3.8) is 0 Å². The molecule has 28 heavy (non-hydrogen) atoms. The molecule has 1 N–H and O–H groups in total. The second kappa shape index (κ2) is 6.46. The van der Waals surface area contributed by atoms with Crippen LogP contribution in [0, 0.1) is 0 Å². The maximum atomic E-state index is 13.5. The Morgan fingerprint density at radius 2 is 1.89 bits per heavy atom. The molecule has 4 aromatic rings. The zero-order chi connectivity index (χ0) is 19.3. The maximum absolute atomic E-state index is 13.5. The second-order valence-corrected chi connectivity index (χ2v) is 9.24. The molecule has 6 nitrogen and oxygen atoms in total. The summed E-state index contributed by atoms with van der Waals surface area (Å²) >= 11 is 6.16. The molecule has 0 saturated heterocycles. The van der Waals surface area contributed by atoms with Crippen molar-refractivity contribution in [3.8, 4) is 11.5 Å². The lowest BCUT2D eigenvalue weighted by atomic mass is 9.85. The van der Waals surface area contributed by atoms with Crippen LogP contribution < -0.4 is 0 Å². The molecular weight excluding hydrogens is 398 g/mol. The van der Waals surface area contributed by atoms with Gasteiger partial charge in [-0.05, 0) is 43.2 Å². The summed E-state index contributed by atoms with van der Waals surface area (Å²) in [6.07, 6.45) is 3.17. The number of halogens is 1. The lowest BCUT2D eigenvalue weighted by Gasteiger charge is -2.20. The van der Waals surface area contributed by atoms with Gasteiger partial charge < -0.3 is 9.51 Å². The molecule has 2 aromatic heterocycles. The van der Waals surface area contributed by atoms with Crippen molar-refractivity contribution < 1.29 is 12.9 Å². The van der Waals surface area contributed by atoms with Crippen LogP contribution in [-0.2, 0) is 9.84 Å². The molecule has 5 rings (SSSR count). The highest BCUT2D eigenvalue weighted by Crippen LogP contribution is 2.39. The zero-order valence-corrected chi connectivity index (χ0v) is 16.3. The van der Waals surface area contributed by atoms with Gasteiger partial charge in [0.2, 0.25) is 21.6 Å². The smallest absolute Gasteiger partial charge is 0.230 e. The van der Waals surface area contributed by atoms with Gasteiger partial charge in [-0.25, -0.2) is 8.42 Å². The Labute approximate surface area is 166 Å². The van der Waals surface area contributed by atoms with Crippen LogP contribution in [-0.4, -0.2) is 23.5 Å². The van der Waals surface area contributed by atoms with E-state index >= 15 is 0 Å². The van der Waals surface area contributed by atoms with Crippen molar-refractivity contribution in [3.05, 3.63) is 59.4 Å². The fraction of sp³-hybridized carbons (Fsp3) is 0.200. The van der Waals surface area contributed by atoms with Crippen LogP contribution in [0.3, 0.4) is 0 Å². The van der Waals surface area contributed by atoms with Crippen LogP contribution in [0.2, 0.25) is 5.02 Å². The van der Waals surface area contributed by atoms with E-state index in [2.05, 4.69) is 15.1 Å². The van der Waals surface area contributed by atoms with E-state index in [0.717, 1.165) is 19.3 Å². The first-order valence-corrected chi connectivity index (χ1v) is 10.9. The molecule has 0 spiro atoms. The van der Waals surface area contributed by atoms with Gasteiger partial charge in [0.15, 0.2) is 0 Å². The molecule has 0 amide bonds. The van der Waals surface area contributed by atoms with Gasteiger partial charge in [0.1, 0.15) is 10.6 Å². The number of fused-ring (bicyclic) bond motifs is 1. The number of sulfone groups is 1. The van der Waals surface area contributed by atoms with Gasteiger partial charge in [-0.1, -0.05) is 41.4 Å². The third-order valence-electron chi connectivity index (χ3n) is 5.15. The molecule has 8 heteroatoms. The summed E-state index contributed by atoms with van der Waals surface area (Å²) in [5.41, 5.74) is 0.958. The highest BCUT2D eigenvalue weighted by molar-refractivity contribution is 7.91. The molecule has 0 radical (unpaired) electrons. The van der Waals surface area contributed by atoms with Crippen LogP contribution in [0.5, 0.6) is 0 Å². The minimum Gasteiger partial charge on any atom is -0.351 e. The van der Waals surface area contributed by atoms with Crippen molar-refractivity contribution in [2.24, 2.45) is 0 Å². The molecule has 1 aliphatic carbocycles. The first-order valence-electron chi connectivity index (χ1n) is 8.99. The average Bonchev–Trinajstić information content (AvgIpc) is 3.25. The number of aromatic nitrogens is 3. The Morgan fingerprint density at radius 3 is 2.61 bits per heavy atom. The molecular formula is C20H16ClN3O3S. The Morgan fingerprint density at radius 1 is 1.11 bits per heavy atom. The third-order valence-corrected chi connectivity index (χ3v) is 7.24. The van der Waals surface area contributed by atoms with E-state index < -0.39 is 9.84 Å². The molecule has 142 valence electrons. The Bertz CT molecular complexity index is 1270. The highest BCUT2D eigenvalue weighted by Gasteiger charge is 2.31. The van der Waals surface area contributed by atoms with E-state index in [9.17, 15) is 8.42 Å². The lowest BCUT2D eigenvalue weighted by Crippen LogP contribution is -2.09. The molecule has 0 aliphatic heterocycles. The quantitative estimate of drug-likeness (QED) is 0.510. The van der Waals surface area contributed by atoms with Crippen LogP contribution >= 0.6 is 11.6 Å². The first-order chi connectivity index (χ1) is 13.5. The van der Waals surface area contributed by atoms with Crippen LogP contribution in [0.4, 0.5) is 0 Å². The van der Waals surface area contributed by atoms with Gasteiger partial charge in [0.05, 0.1) is 4.90 Å². The average molecular weight is 414 g/mol. The van der Waals surface area contributed by atoms with Gasteiger partial charge in [-0.3, -0.25) is 0 Å². The number of nitrogens with one attached hydrogen (secondary N) is 1. The van der Waals surface area contributed by atoms with E-state index in [0.29, 0.717) is 27.5 Å². The molecule has 0 unspecified atom stereocenters. The number of hydrogen-bond acceptors (Lipinski definition) is 5. The summed E-state index contributed by atoms with van der Waals surface area (Å²) in [5, 5.41) is 5.01. The summed E-state index contributed by atoms with van der Waals surface area (Å²) < 4.78 is 32.4. The highest BCUT2D eigenvalue weighted by atomic mass is 35.5. The standard InChI is InChI=1S/C20H16ClN3O3S/c21-13-9-10-16-15(11-13)18(28(25,26)14-7-2-1-3-8-14)17(22-16)19-23-20(27-24-19)12-5-4-6-12/h1-3,7-12,22H,4-6H2. The molecule has 0 atom stereocenters. The van der Waals surface area contributed by atoms with Gasteiger partial charge in [0, 0.05) is 21.8 Å². The number of nitrogens with zero attached hydrogens (tertiary/aromatic N) is 2. The van der Waals surface area contributed by atoms with E-state index in [-0.39, 0.29) is 21.5 Å². The molecule has 0 bridgehead atoms. The van der Waals surface area contributed by atoms with E-state index in [1.54, 1.807) is 48.5 Å². The van der Waals surface area contributed by atoms with Crippen LogP contribution in [0.1, 0.15) is 31.1 Å². The summed E-state index contributed by atoms with van der Waals surface area (Å²) in [5.74, 6) is 1.05. The summed E-state index contributed by atoms with van der Waals surface area (Å²) in [6.45, 7) is 0. The number of benzene rings is 2. The monoisotopic (exact) mass is 413 g/mol. The van der Waals surface area contributed by atoms with Crippen molar-refractivity contribution in [2.45, 2.75) is 35.0 Å². The Hall–Kier alpha value is -2.64. The number of aromatic amines is 1. The summed E-state index contributed by atoms with van der Waals surface area (Å²) in [4.78, 5) is 7.93. The van der Waals surface area contributed by atoms with Crippen LogP contribution in [0.15, 0.2) is 62.8 Å². The summed E-state index contributed by atoms with van der Waals surface area (Å²) in [6, 6.07) is 13.4. The van der Waals surface area contributed by atoms with E-state index in [1.807, 2.05) is 0 Å². The second-order valence-electron chi connectivity index (χ2n) is 6.92. The number of hydrogen-bond donors (Lipinski definition) is 1. The fourth-order valence-electron chi connectivity index (χ4n) is 3.45. The fourth-order valence-corrected chi connectivity index (χ4v) is 5.24. The Kier molecular flexibility index (Phi) is 4.03. The minimum absolute atomic E-state index is 0.108. The molecule has 1 fully saturated rings. The zero-order valence-electron chi connectivity index (χ0n) is 14.7. The first kappa shape index (κ1) is 17.5. The van der Waals surface area contributed by atoms with Crippen LogP contribution in [0.25, 0.3) is 22.4 Å². The molecule has 1 aliphatic rings. The molecule has 2 aromatic carbocycles. The number of H-pyrrole nitrogens is 1. The molecule has 1 saturated carbocycles. The van der Waals surface area contributed by atoms with E-state index in [1.165, 1.54) is 0 Å². The largest absolute Gasteiger partial charge is 0.351 e. The predicted molar refractivity (Wildman–Crippen MR) is 105 cm³/mol. The van der Waals surface area contributed by atoms with Gasteiger partial charge >= 0.3 is 0 Å². The number of rotatable bonds is 4. The normalized spacial score (nSPS) is 15.0. The van der Waals surface area contributed by atoms with Crippen molar-refractivity contribution in [1.29, 1.82) is 0 Å². The van der Waals surface area contributed by atoms with Crippen molar-refractivity contribution >= 4 is 32.3 Å². The van der Waals surface area contributed by atoms with Gasteiger partial charge in [-0.2, -0.15) is 4.98 Å². The van der Waals surface area contributed by atoms with Crippen molar-refractivity contribution in [1.82, 2.24) is 15.1 Å². The third kappa shape index (κ3) is 2.73. The van der Waals surface area contributed by atoms with Crippen molar-refractivity contribution in [2.75, 3.05) is 0 Å². The molecule has 2 heterocycles. The summed E-state index contributed by atoms with van der Waals surface area (Å²) in [7, 11) is -3.83. The Balaban J connectivity index is 1.75. The SMILES string of the molecule is O=S(=O)(c1ccccc1)c1c(-c2noc(C3CCC3)n2)[nH]c2ccc(Cl)cc12. The topological polar surface area (TPSA) is 88.8 Å². The lowest BCUT2D eigenvalue weighted by molar-refractivity contribution is 0.292. The maximum Gasteiger partial charge on any atom is 0.230 e. The van der Waals surface area contributed by atoms with Gasteiger partial charge in [0.25, 0.3) is 0 Å². The minimum atomic E-state index is -3.83.